The summed E-state index contributed by atoms with van der Waals surface area (Å²) < 4.78 is 5.18. The molecule has 1 N–H and O–H groups in total. The molecule has 1 aromatic rings. The molecule has 0 spiro atoms. The third-order valence-corrected chi connectivity index (χ3v) is 2.32. The van der Waals surface area contributed by atoms with Crippen LogP contribution in [0.25, 0.3) is 5.57 Å². The normalized spacial score (nSPS) is 15.7. The van der Waals surface area contributed by atoms with Gasteiger partial charge in [0.25, 0.3) is 0 Å². The number of aromatic nitrogens is 2. The highest BCUT2D eigenvalue weighted by molar-refractivity contribution is 5.85. The van der Waals surface area contributed by atoms with E-state index >= 15 is 0 Å². The van der Waals surface area contributed by atoms with Gasteiger partial charge in [0.1, 0.15) is 0 Å². The van der Waals surface area contributed by atoms with Crippen molar-refractivity contribution in [2.75, 3.05) is 13.2 Å². The highest BCUT2D eigenvalue weighted by Gasteiger charge is 2.13. The Morgan fingerprint density at radius 3 is 2.94 bits per heavy atom. The molecule has 2 heterocycles. The summed E-state index contributed by atoms with van der Waals surface area (Å²) in [5, 5.41) is 8.90. The van der Waals surface area contributed by atoms with E-state index in [2.05, 4.69) is 9.97 Å². The van der Waals surface area contributed by atoms with Gasteiger partial charge in [-0.1, -0.05) is 6.08 Å². The van der Waals surface area contributed by atoms with Gasteiger partial charge in [0.2, 0.25) is 0 Å². The summed E-state index contributed by atoms with van der Waals surface area (Å²) in [6, 6.07) is 1.46. The molecule has 5 nitrogen and oxygen atoms in total. The van der Waals surface area contributed by atoms with E-state index < -0.39 is 5.97 Å². The molecule has 1 aromatic heterocycles. The van der Waals surface area contributed by atoms with E-state index in [0.717, 1.165) is 12.0 Å². The first kappa shape index (κ1) is 10.8. The summed E-state index contributed by atoms with van der Waals surface area (Å²) in [6.45, 7) is 2.93. The number of aromatic carboxylic acids is 1. The summed E-state index contributed by atoms with van der Waals surface area (Å²) in [5.74, 6) is -0.528. The quantitative estimate of drug-likeness (QED) is 0.812. The van der Waals surface area contributed by atoms with Crippen LogP contribution in [0, 0.1) is 6.92 Å². The molecule has 0 radical (unpaired) electrons. The van der Waals surface area contributed by atoms with Gasteiger partial charge in [-0.05, 0) is 25.0 Å². The molecule has 0 aromatic carbocycles. The molecule has 2 rings (SSSR count). The van der Waals surface area contributed by atoms with E-state index in [1.54, 1.807) is 6.92 Å². The molecule has 0 amide bonds. The monoisotopic (exact) mass is 220 g/mol. The van der Waals surface area contributed by atoms with Crippen LogP contribution >= 0.6 is 0 Å². The molecule has 1 aliphatic heterocycles. The summed E-state index contributed by atoms with van der Waals surface area (Å²) in [7, 11) is 0. The van der Waals surface area contributed by atoms with Crippen molar-refractivity contribution in [1.29, 1.82) is 0 Å². The minimum Gasteiger partial charge on any atom is -0.477 e. The fourth-order valence-electron chi connectivity index (χ4n) is 1.55. The molecule has 0 aliphatic carbocycles. The maximum absolute atomic E-state index is 10.9. The van der Waals surface area contributed by atoms with Gasteiger partial charge in [0.15, 0.2) is 11.5 Å². The van der Waals surface area contributed by atoms with Crippen LogP contribution in [0.4, 0.5) is 0 Å². The van der Waals surface area contributed by atoms with E-state index in [0.29, 0.717) is 24.7 Å². The average Bonchev–Trinajstić information content (AvgIpc) is 2.29. The van der Waals surface area contributed by atoms with E-state index in [4.69, 9.17) is 9.84 Å². The number of hydrogen-bond acceptors (Lipinski definition) is 4. The number of carbonyl (C=O) groups is 1. The molecule has 1 aliphatic rings. The van der Waals surface area contributed by atoms with Crippen LogP contribution in [0.3, 0.4) is 0 Å². The van der Waals surface area contributed by atoms with Crippen molar-refractivity contribution in [1.82, 2.24) is 9.97 Å². The fraction of sp³-hybridized carbons (Fsp3) is 0.364. The first-order valence-corrected chi connectivity index (χ1v) is 5.03. The van der Waals surface area contributed by atoms with Crippen LogP contribution in [-0.2, 0) is 4.74 Å². The van der Waals surface area contributed by atoms with Crippen molar-refractivity contribution in [3.63, 3.8) is 0 Å². The molecule has 0 atom stereocenters. The van der Waals surface area contributed by atoms with Crippen LogP contribution in [0.15, 0.2) is 12.1 Å². The molecule has 0 saturated carbocycles. The van der Waals surface area contributed by atoms with Crippen LogP contribution in [-0.4, -0.2) is 34.3 Å². The van der Waals surface area contributed by atoms with Crippen molar-refractivity contribution >= 4 is 11.5 Å². The Morgan fingerprint density at radius 2 is 2.31 bits per heavy atom. The van der Waals surface area contributed by atoms with Crippen LogP contribution in [0.2, 0.25) is 0 Å². The summed E-state index contributed by atoms with van der Waals surface area (Å²) in [4.78, 5) is 19.1. The van der Waals surface area contributed by atoms with Gasteiger partial charge in [-0.15, -0.1) is 0 Å². The zero-order valence-electron chi connectivity index (χ0n) is 8.93. The lowest BCUT2D eigenvalue weighted by molar-refractivity contribution is 0.0690. The Bertz CT molecular complexity index is 455. The first-order chi connectivity index (χ1) is 7.66. The first-order valence-electron chi connectivity index (χ1n) is 5.03. The van der Waals surface area contributed by atoms with Gasteiger partial charge in [-0.25, -0.2) is 14.8 Å². The predicted molar refractivity (Wildman–Crippen MR) is 57.1 cm³/mol. The van der Waals surface area contributed by atoms with Crippen molar-refractivity contribution in [3.8, 4) is 0 Å². The Kier molecular flexibility index (Phi) is 2.96. The topological polar surface area (TPSA) is 72.3 Å². The molecule has 0 saturated heterocycles. The Morgan fingerprint density at radius 1 is 1.50 bits per heavy atom. The number of ether oxygens (including phenoxy) is 1. The molecule has 0 bridgehead atoms. The maximum atomic E-state index is 10.9. The van der Waals surface area contributed by atoms with Crippen LogP contribution in [0.5, 0.6) is 0 Å². The van der Waals surface area contributed by atoms with Gasteiger partial charge in [0.05, 0.1) is 13.2 Å². The standard InChI is InChI=1S/C11H12N2O3/c1-7-6-9(11(14)15)13-10(12-7)8-2-4-16-5-3-8/h2,6H,3-5H2,1H3,(H,14,15). The highest BCUT2D eigenvalue weighted by Crippen LogP contribution is 2.18. The second-order valence-corrected chi connectivity index (χ2v) is 3.58. The van der Waals surface area contributed by atoms with E-state index in [1.807, 2.05) is 6.08 Å². The lowest BCUT2D eigenvalue weighted by Gasteiger charge is -2.12. The molecule has 5 heteroatoms. The van der Waals surface area contributed by atoms with Gasteiger partial charge in [0, 0.05) is 5.69 Å². The summed E-state index contributed by atoms with van der Waals surface area (Å²) in [6.07, 6.45) is 2.62. The Balaban J connectivity index is 2.40. The van der Waals surface area contributed by atoms with Gasteiger partial charge in [-0.2, -0.15) is 0 Å². The Labute approximate surface area is 92.8 Å². The zero-order chi connectivity index (χ0) is 11.5. The molecule has 0 unspecified atom stereocenters. The minimum absolute atomic E-state index is 0.0369. The molecule has 16 heavy (non-hydrogen) atoms. The zero-order valence-corrected chi connectivity index (χ0v) is 8.93. The third-order valence-electron chi connectivity index (χ3n) is 2.32. The summed E-state index contributed by atoms with van der Waals surface area (Å²) in [5.41, 5.74) is 1.65. The average molecular weight is 220 g/mol. The number of nitrogens with zero attached hydrogens (tertiary/aromatic N) is 2. The largest absolute Gasteiger partial charge is 0.477 e. The molecule has 0 fully saturated rings. The maximum Gasteiger partial charge on any atom is 0.354 e. The summed E-state index contributed by atoms with van der Waals surface area (Å²) >= 11 is 0. The lowest BCUT2D eigenvalue weighted by Crippen LogP contribution is -2.10. The minimum atomic E-state index is -1.03. The smallest absolute Gasteiger partial charge is 0.354 e. The number of carboxylic acids is 1. The second kappa shape index (κ2) is 4.40. The van der Waals surface area contributed by atoms with Crippen molar-refractivity contribution in [2.24, 2.45) is 0 Å². The Hall–Kier alpha value is -1.75. The molecular weight excluding hydrogens is 208 g/mol. The van der Waals surface area contributed by atoms with Gasteiger partial charge >= 0.3 is 5.97 Å². The molecular formula is C11H12N2O3. The predicted octanol–water partition coefficient (Wildman–Crippen LogP) is 1.29. The van der Waals surface area contributed by atoms with E-state index in [-0.39, 0.29) is 5.69 Å². The number of aryl methyl sites for hydroxylation is 1. The number of hydrogen-bond donors (Lipinski definition) is 1. The van der Waals surface area contributed by atoms with Crippen LogP contribution in [0.1, 0.15) is 28.4 Å². The van der Waals surface area contributed by atoms with E-state index in [1.165, 1.54) is 6.07 Å². The number of carboxylic acid groups (broad SMARTS) is 1. The SMILES string of the molecule is Cc1cc(C(=O)O)nc(C2=CCOCC2)n1. The van der Waals surface area contributed by atoms with Crippen molar-refractivity contribution < 1.29 is 14.6 Å². The fourth-order valence-corrected chi connectivity index (χ4v) is 1.55. The van der Waals surface area contributed by atoms with Crippen molar-refractivity contribution in [3.05, 3.63) is 29.4 Å². The van der Waals surface area contributed by atoms with E-state index in [9.17, 15) is 4.79 Å². The molecule has 84 valence electrons. The third kappa shape index (κ3) is 2.25. The highest BCUT2D eigenvalue weighted by atomic mass is 16.5. The van der Waals surface area contributed by atoms with Crippen molar-refractivity contribution in [2.45, 2.75) is 13.3 Å². The second-order valence-electron chi connectivity index (χ2n) is 3.58. The van der Waals surface area contributed by atoms with Gasteiger partial charge in [-0.3, -0.25) is 0 Å². The lowest BCUT2D eigenvalue weighted by atomic mass is 10.1. The van der Waals surface area contributed by atoms with Crippen LogP contribution < -0.4 is 0 Å². The number of rotatable bonds is 2. The van der Waals surface area contributed by atoms with Gasteiger partial charge < -0.3 is 9.84 Å².